The zero-order valence-electron chi connectivity index (χ0n) is 24.6. The molecular weight excluding hydrogens is 550 g/mol. The lowest BCUT2D eigenvalue weighted by Crippen LogP contribution is -2.01. The molecule has 0 fully saturated rings. The van der Waals surface area contributed by atoms with Crippen LogP contribution >= 0.6 is 0 Å². The first-order valence-corrected chi connectivity index (χ1v) is 15.3. The smallest absolute Gasteiger partial charge is 0.164 e. The Bertz CT molecular complexity index is 2190. The van der Waals surface area contributed by atoms with Crippen LogP contribution < -0.4 is 0 Å². The number of nitrogens with zero attached hydrogens (tertiary/aromatic N) is 3. The molecule has 0 N–H and O–H groups in total. The average Bonchev–Trinajstić information content (AvgIpc) is 3.50. The van der Waals surface area contributed by atoms with Crippen LogP contribution in [0.25, 0.3) is 61.7 Å². The molecule has 1 aliphatic carbocycles. The zero-order chi connectivity index (χ0) is 30.0. The Labute approximate surface area is 261 Å². The third-order valence-corrected chi connectivity index (χ3v) is 8.15. The minimum atomic E-state index is 0.593. The van der Waals surface area contributed by atoms with E-state index in [2.05, 4.69) is 78.9 Å². The molecule has 0 atom stereocenters. The maximum Gasteiger partial charge on any atom is 0.164 e. The Morgan fingerprint density at radius 3 is 1.82 bits per heavy atom. The Hall–Kier alpha value is -5.87. The van der Waals surface area contributed by atoms with Gasteiger partial charge in [-0.15, -0.1) is 0 Å². The van der Waals surface area contributed by atoms with Crippen molar-refractivity contribution < 1.29 is 4.42 Å². The van der Waals surface area contributed by atoms with Gasteiger partial charge in [0.15, 0.2) is 17.5 Å². The number of furan rings is 1. The fourth-order valence-corrected chi connectivity index (χ4v) is 5.98. The standard InChI is InChI=1S/C41H29N3O/c1-5-15-28(16-6-1)25-34(29-17-7-2-8-18-29)35-26-32(27-37-38(35)33-23-13-14-24-36(33)45-37)41-43-39(30-19-9-3-10-20-30)42-40(44-41)31-21-11-4-12-22-31/h2-5,7-27H,1,6H2/b34-25-. The van der Waals surface area contributed by atoms with Crippen LogP contribution in [-0.4, -0.2) is 15.0 Å². The number of benzene rings is 5. The molecule has 0 radical (unpaired) electrons. The Kier molecular flexibility index (Phi) is 6.93. The van der Waals surface area contributed by atoms with Crippen LogP contribution in [0.5, 0.6) is 0 Å². The van der Waals surface area contributed by atoms with E-state index in [-0.39, 0.29) is 0 Å². The van der Waals surface area contributed by atoms with Crippen LogP contribution in [0.3, 0.4) is 0 Å². The quantitative estimate of drug-likeness (QED) is 0.197. The summed E-state index contributed by atoms with van der Waals surface area (Å²) in [5, 5.41) is 2.15. The minimum Gasteiger partial charge on any atom is -0.456 e. The molecule has 4 nitrogen and oxygen atoms in total. The van der Waals surface area contributed by atoms with Crippen molar-refractivity contribution in [2.75, 3.05) is 0 Å². The second-order valence-corrected chi connectivity index (χ2v) is 11.1. The summed E-state index contributed by atoms with van der Waals surface area (Å²) in [6, 6.07) is 43.3. The maximum atomic E-state index is 6.53. The number of hydrogen-bond donors (Lipinski definition) is 0. The predicted molar refractivity (Wildman–Crippen MR) is 183 cm³/mol. The molecule has 0 saturated carbocycles. The van der Waals surface area contributed by atoms with Crippen molar-refractivity contribution in [2.24, 2.45) is 0 Å². The molecule has 2 aromatic heterocycles. The number of hydrogen-bond acceptors (Lipinski definition) is 4. The molecule has 0 spiro atoms. The van der Waals surface area contributed by atoms with Crippen LogP contribution in [0.2, 0.25) is 0 Å². The lowest BCUT2D eigenvalue weighted by molar-refractivity contribution is 0.669. The van der Waals surface area contributed by atoms with E-state index in [4.69, 9.17) is 19.4 Å². The van der Waals surface area contributed by atoms with E-state index in [0.717, 1.165) is 68.2 Å². The largest absolute Gasteiger partial charge is 0.456 e. The summed E-state index contributed by atoms with van der Waals surface area (Å²) in [6.07, 6.45) is 11.2. The predicted octanol–water partition coefficient (Wildman–Crippen LogP) is 10.5. The second kappa shape index (κ2) is 11.7. The highest BCUT2D eigenvalue weighted by atomic mass is 16.3. The monoisotopic (exact) mass is 579 g/mol. The van der Waals surface area contributed by atoms with Gasteiger partial charge < -0.3 is 4.42 Å². The number of aromatic nitrogens is 3. The first-order chi connectivity index (χ1) is 22.3. The van der Waals surface area contributed by atoms with E-state index >= 15 is 0 Å². The van der Waals surface area contributed by atoms with Gasteiger partial charge in [-0.25, -0.2) is 15.0 Å². The molecule has 7 aromatic rings. The molecule has 0 saturated heterocycles. The highest BCUT2D eigenvalue weighted by molar-refractivity contribution is 6.13. The van der Waals surface area contributed by atoms with Crippen LogP contribution in [0, 0.1) is 0 Å². The van der Waals surface area contributed by atoms with Crippen molar-refractivity contribution in [3.63, 3.8) is 0 Å². The van der Waals surface area contributed by atoms with E-state index in [1.54, 1.807) is 0 Å². The van der Waals surface area contributed by atoms with Crippen molar-refractivity contribution in [1.29, 1.82) is 0 Å². The number of para-hydroxylation sites is 1. The van der Waals surface area contributed by atoms with Crippen molar-refractivity contribution in [1.82, 2.24) is 15.0 Å². The van der Waals surface area contributed by atoms with Gasteiger partial charge >= 0.3 is 0 Å². The maximum absolute atomic E-state index is 6.53. The molecule has 1 aliphatic rings. The Morgan fingerprint density at radius 1 is 0.578 bits per heavy atom. The van der Waals surface area contributed by atoms with Crippen molar-refractivity contribution in [2.45, 2.75) is 12.8 Å². The third kappa shape index (κ3) is 5.28. The fraction of sp³-hybridized carbons (Fsp3) is 0.0488. The van der Waals surface area contributed by atoms with Gasteiger partial charge in [0.25, 0.3) is 0 Å². The van der Waals surface area contributed by atoms with Crippen LogP contribution in [0.15, 0.2) is 162 Å². The topological polar surface area (TPSA) is 51.8 Å². The molecule has 5 aromatic carbocycles. The van der Waals surface area contributed by atoms with Crippen LogP contribution in [0.4, 0.5) is 0 Å². The highest BCUT2D eigenvalue weighted by Crippen LogP contribution is 2.40. The fourth-order valence-electron chi connectivity index (χ4n) is 5.98. The summed E-state index contributed by atoms with van der Waals surface area (Å²) in [4.78, 5) is 15.0. The summed E-state index contributed by atoms with van der Waals surface area (Å²) in [7, 11) is 0. The normalized spacial score (nSPS) is 13.3. The van der Waals surface area contributed by atoms with E-state index in [1.165, 1.54) is 5.57 Å². The lowest BCUT2D eigenvalue weighted by atomic mass is 9.90. The molecule has 0 amide bonds. The molecule has 214 valence electrons. The van der Waals surface area contributed by atoms with Gasteiger partial charge in [-0.3, -0.25) is 0 Å². The summed E-state index contributed by atoms with van der Waals surface area (Å²) in [6.45, 7) is 0. The highest BCUT2D eigenvalue weighted by Gasteiger charge is 2.20. The first-order valence-electron chi connectivity index (χ1n) is 15.3. The number of fused-ring (bicyclic) bond motifs is 3. The van der Waals surface area contributed by atoms with E-state index < -0.39 is 0 Å². The summed E-state index contributed by atoms with van der Waals surface area (Å²) >= 11 is 0. The molecule has 45 heavy (non-hydrogen) atoms. The SMILES string of the molecule is C1=CC(/C=C(/c2ccccc2)c2cc(-c3nc(-c4ccccc4)nc(-c4ccccc4)n3)cc3oc4ccccc4c23)=CCC1. The number of allylic oxidation sites excluding steroid dienone is 5. The van der Waals surface area contributed by atoms with Crippen LogP contribution in [-0.2, 0) is 0 Å². The van der Waals surface area contributed by atoms with Gasteiger partial charge in [-0.05, 0) is 59.4 Å². The van der Waals surface area contributed by atoms with Crippen LogP contribution in [0.1, 0.15) is 24.0 Å². The van der Waals surface area contributed by atoms with Gasteiger partial charge in [0.2, 0.25) is 0 Å². The minimum absolute atomic E-state index is 0.593. The Balaban J connectivity index is 1.42. The third-order valence-electron chi connectivity index (χ3n) is 8.15. The van der Waals surface area contributed by atoms with E-state index in [9.17, 15) is 0 Å². The van der Waals surface area contributed by atoms with E-state index in [0.29, 0.717) is 17.5 Å². The molecule has 0 bridgehead atoms. The Morgan fingerprint density at radius 2 is 1.18 bits per heavy atom. The van der Waals surface area contributed by atoms with Gasteiger partial charge in [0, 0.05) is 27.5 Å². The molecule has 8 rings (SSSR count). The first kappa shape index (κ1) is 26.7. The molecule has 0 aliphatic heterocycles. The average molecular weight is 580 g/mol. The molecule has 2 heterocycles. The molecule has 0 unspecified atom stereocenters. The van der Waals surface area contributed by atoms with Gasteiger partial charge in [0.05, 0.1) is 0 Å². The second-order valence-electron chi connectivity index (χ2n) is 11.1. The summed E-state index contributed by atoms with van der Waals surface area (Å²) < 4.78 is 6.53. The van der Waals surface area contributed by atoms with Crippen molar-refractivity contribution in [3.8, 4) is 34.2 Å². The summed E-state index contributed by atoms with van der Waals surface area (Å²) in [5.74, 6) is 1.85. The lowest BCUT2D eigenvalue weighted by Gasteiger charge is -2.14. The van der Waals surface area contributed by atoms with Crippen molar-refractivity contribution in [3.05, 3.63) is 168 Å². The van der Waals surface area contributed by atoms with Gasteiger partial charge in [-0.1, -0.05) is 127 Å². The van der Waals surface area contributed by atoms with Crippen molar-refractivity contribution >= 4 is 27.5 Å². The zero-order valence-corrected chi connectivity index (χ0v) is 24.6. The molecular formula is C41H29N3O. The van der Waals surface area contributed by atoms with E-state index in [1.807, 2.05) is 72.8 Å². The van der Waals surface area contributed by atoms with Gasteiger partial charge in [0.1, 0.15) is 11.2 Å². The van der Waals surface area contributed by atoms with Gasteiger partial charge in [-0.2, -0.15) is 0 Å². The summed E-state index contributed by atoms with van der Waals surface area (Å²) in [5.41, 5.74) is 8.89. The number of rotatable bonds is 6. The molecule has 4 heteroatoms.